The van der Waals surface area contributed by atoms with Crippen molar-refractivity contribution in [3.8, 4) is 0 Å². The van der Waals surface area contributed by atoms with Crippen LogP contribution >= 0.6 is 0 Å². The summed E-state index contributed by atoms with van der Waals surface area (Å²) in [5.74, 6) is 0.561. The minimum Gasteiger partial charge on any atom is -0.400 e. The van der Waals surface area contributed by atoms with Crippen molar-refractivity contribution in [2.24, 2.45) is 5.92 Å². The smallest absolute Gasteiger partial charge is 0.400 e. The lowest BCUT2D eigenvalue weighted by Gasteiger charge is -2.32. The van der Waals surface area contributed by atoms with Crippen molar-refractivity contribution in [3.05, 3.63) is 53.5 Å². The second-order valence-corrected chi connectivity index (χ2v) is 7.70. The van der Waals surface area contributed by atoms with Crippen molar-refractivity contribution < 1.29 is 9.31 Å². The van der Waals surface area contributed by atoms with Crippen LogP contribution in [0.4, 0.5) is 0 Å². The fourth-order valence-corrected chi connectivity index (χ4v) is 2.56. The molecule has 0 atom stereocenters. The first kappa shape index (κ1) is 18.0. The van der Waals surface area contributed by atoms with Crippen LogP contribution in [-0.4, -0.2) is 18.3 Å². The third-order valence-corrected chi connectivity index (χ3v) is 4.60. The molecular weight excluding hydrogens is 283 g/mol. The summed E-state index contributed by atoms with van der Waals surface area (Å²) in [5.41, 5.74) is 1.81. The van der Waals surface area contributed by atoms with Crippen LogP contribution in [0.3, 0.4) is 0 Å². The standard InChI is InChI=1S/C20H29BO2/c1-16(2)15-18(14-10-13-17-11-8-7-9-12-17)21-22-19(3,4)20(5,6)23-21/h7-14,16H,15H2,1-6H3/b13-10+,18-14-. The average Bonchev–Trinajstić information content (AvgIpc) is 2.67. The van der Waals surface area contributed by atoms with E-state index in [1.54, 1.807) is 0 Å². The molecule has 0 N–H and O–H groups in total. The lowest BCUT2D eigenvalue weighted by atomic mass is 9.73. The highest BCUT2D eigenvalue weighted by Gasteiger charge is 2.52. The fourth-order valence-electron chi connectivity index (χ4n) is 2.56. The van der Waals surface area contributed by atoms with E-state index in [1.807, 2.05) is 18.2 Å². The fraction of sp³-hybridized carbons (Fsp3) is 0.500. The molecule has 0 bridgehead atoms. The van der Waals surface area contributed by atoms with E-state index in [0.717, 1.165) is 6.42 Å². The highest BCUT2D eigenvalue weighted by molar-refractivity contribution is 6.54. The van der Waals surface area contributed by atoms with Crippen molar-refractivity contribution in [2.75, 3.05) is 0 Å². The van der Waals surface area contributed by atoms with E-state index >= 15 is 0 Å². The summed E-state index contributed by atoms with van der Waals surface area (Å²) >= 11 is 0. The molecule has 1 fully saturated rings. The predicted octanol–water partition coefficient (Wildman–Crippen LogP) is 5.30. The Balaban J connectivity index is 2.18. The van der Waals surface area contributed by atoms with Gasteiger partial charge in [0.2, 0.25) is 0 Å². The van der Waals surface area contributed by atoms with Gasteiger partial charge >= 0.3 is 7.12 Å². The zero-order valence-corrected chi connectivity index (χ0v) is 15.3. The largest absolute Gasteiger partial charge is 0.490 e. The summed E-state index contributed by atoms with van der Waals surface area (Å²) in [7, 11) is -0.261. The first-order valence-electron chi connectivity index (χ1n) is 8.49. The van der Waals surface area contributed by atoms with Gasteiger partial charge in [-0.3, -0.25) is 0 Å². The quantitative estimate of drug-likeness (QED) is 0.542. The van der Waals surface area contributed by atoms with Gasteiger partial charge < -0.3 is 9.31 Å². The second kappa shape index (κ2) is 7.06. The van der Waals surface area contributed by atoms with E-state index in [9.17, 15) is 0 Å². The maximum absolute atomic E-state index is 6.21. The molecule has 2 nitrogen and oxygen atoms in total. The average molecular weight is 312 g/mol. The van der Waals surface area contributed by atoms with Gasteiger partial charge in [0.15, 0.2) is 0 Å². The number of hydrogen-bond donors (Lipinski definition) is 0. The van der Waals surface area contributed by atoms with Crippen molar-refractivity contribution >= 4 is 13.2 Å². The van der Waals surface area contributed by atoms with Gasteiger partial charge in [-0.2, -0.15) is 0 Å². The summed E-state index contributed by atoms with van der Waals surface area (Å²) in [6, 6.07) is 10.3. The number of hydrogen-bond acceptors (Lipinski definition) is 2. The van der Waals surface area contributed by atoms with Gasteiger partial charge in [0, 0.05) is 0 Å². The van der Waals surface area contributed by atoms with Gasteiger partial charge in [-0.1, -0.05) is 62.4 Å². The molecule has 0 aromatic heterocycles. The van der Waals surface area contributed by atoms with Crippen molar-refractivity contribution in [1.82, 2.24) is 0 Å². The Labute approximate surface area is 141 Å². The van der Waals surface area contributed by atoms with E-state index in [1.165, 1.54) is 11.0 Å². The first-order chi connectivity index (χ1) is 10.7. The van der Waals surface area contributed by atoms with E-state index in [-0.39, 0.29) is 18.3 Å². The lowest BCUT2D eigenvalue weighted by molar-refractivity contribution is 0.00578. The molecule has 23 heavy (non-hydrogen) atoms. The molecule has 1 aliphatic heterocycles. The summed E-state index contributed by atoms with van der Waals surface area (Å²) in [6.07, 6.45) is 7.33. The van der Waals surface area contributed by atoms with Crippen molar-refractivity contribution in [1.29, 1.82) is 0 Å². The molecule has 0 saturated carbocycles. The van der Waals surface area contributed by atoms with Crippen LogP contribution < -0.4 is 0 Å². The lowest BCUT2D eigenvalue weighted by Crippen LogP contribution is -2.41. The molecule has 1 aromatic rings. The van der Waals surface area contributed by atoms with Crippen LogP contribution in [0.15, 0.2) is 48.0 Å². The first-order valence-corrected chi connectivity index (χ1v) is 8.49. The predicted molar refractivity (Wildman–Crippen MR) is 99.1 cm³/mol. The monoisotopic (exact) mass is 312 g/mol. The molecule has 0 spiro atoms. The Morgan fingerprint density at radius 1 is 1.04 bits per heavy atom. The summed E-state index contributed by atoms with van der Waals surface area (Å²) in [4.78, 5) is 0. The second-order valence-electron chi connectivity index (χ2n) is 7.70. The topological polar surface area (TPSA) is 18.5 Å². The molecule has 1 saturated heterocycles. The van der Waals surface area contributed by atoms with Gasteiger partial charge in [-0.25, -0.2) is 0 Å². The van der Waals surface area contributed by atoms with Gasteiger partial charge in [0.25, 0.3) is 0 Å². The molecule has 1 heterocycles. The number of allylic oxidation sites excluding steroid dienone is 3. The SMILES string of the molecule is CC(C)C/C(=C/C=C/c1ccccc1)B1OC(C)(C)C(C)(C)O1. The molecular formula is C20H29BO2. The Bertz CT molecular complexity index is 555. The maximum atomic E-state index is 6.21. The van der Waals surface area contributed by atoms with Gasteiger partial charge in [-0.15, -0.1) is 0 Å². The van der Waals surface area contributed by atoms with Crippen LogP contribution in [0, 0.1) is 5.92 Å². The van der Waals surface area contributed by atoms with Gasteiger partial charge in [0.1, 0.15) is 0 Å². The number of rotatable bonds is 5. The molecule has 2 rings (SSSR count). The van der Waals surface area contributed by atoms with Crippen molar-refractivity contribution in [3.63, 3.8) is 0 Å². The normalized spacial score (nSPS) is 20.7. The molecule has 0 unspecified atom stereocenters. The van der Waals surface area contributed by atoms with Gasteiger partial charge in [-0.05, 0) is 51.1 Å². The van der Waals surface area contributed by atoms with E-state index in [0.29, 0.717) is 5.92 Å². The molecule has 0 amide bonds. The van der Waals surface area contributed by atoms with Crippen LogP contribution in [0.2, 0.25) is 0 Å². The minimum absolute atomic E-state index is 0.261. The zero-order chi connectivity index (χ0) is 17.1. The van der Waals surface area contributed by atoms with E-state index in [4.69, 9.17) is 9.31 Å². The molecule has 3 heteroatoms. The Kier molecular flexibility index (Phi) is 5.54. The summed E-state index contributed by atoms with van der Waals surface area (Å²) < 4.78 is 12.4. The van der Waals surface area contributed by atoms with Crippen LogP contribution in [-0.2, 0) is 9.31 Å². The molecule has 1 aromatic carbocycles. The van der Waals surface area contributed by atoms with E-state index in [2.05, 4.69) is 71.9 Å². The van der Waals surface area contributed by atoms with Crippen LogP contribution in [0.25, 0.3) is 6.08 Å². The summed E-state index contributed by atoms with van der Waals surface area (Å²) in [6.45, 7) is 12.8. The molecule has 124 valence electrons. The number of benzene rings is 1. The third kappa shape index (κ3) is 4.59. The maximum Gasteiger partial charge on any atom is 0.490 e. The highest BCUT2D eigenvalue weighted by Crippen LogP contribution is 2.39. The molecule has 0 aliphatic carbocycles. The van der Waals surface area contributed by atoms with Crippen LogP contribution in [0.5, 0.6) is 0 Å². The van der Waals surface area contributed by atoms with Crippen molar-refractivity contribution in [2.45, 2.75) is 59.2 Å². The van der Waals surface area contributed by atoms with Gasteiger partial charge in [0.05, 0.1) is 11.2 Å². The third-order valence-electron chi connectivity index (χ3n) is 4.60. The zero-order valence-electron chi connectivity index (χ0n) is 15.3. The summed E-state index contributed by atoms with van der Waals surface area (Å²) in [5, 5.41) is 0. The molecule has 1 aliphatic rings. The Morgan fingerprint density at radius 3 is 2.13 bits per heavy atom. The molecule has 0 radical (unpaired) electrons. The highest BCUT2D eigenvalue weighted by atomic mass is 16.7. The van der Waals surface area contributed by atoms with E-state index < -0.39 is 0 Å². The Hall–Kier alpha value is -1.32. The Morgan fingerprint density at radius 2 is 1.61 bits per heavy atom. The van der Waals surface area contributed by atoms with Crippen LogP contribution in [0.1, 0.15) is 53.5 Å². The minimum atomic E-state index is -0.295.